The van der Waals surface area contributed by atoms with Gasteiger partial charge in [0.15, 0.2) is 5.69 Å². The smallest absolute Gasteiger partial charge is 0.273 e. The molecule has 15 heavy (non-hydrogen) atoms. The third-order valence-corrected chi connectivity index (χ3v) is 1.72. The zero-order chi connectivity index (χ0) is 11.3. The topological polar surface area (TPSA) is 84.6 Å². The van der Waals surface area contributed by atoms with Crippen LogP contribution < -0.4 is 5.32 Å². The molecule has 0 saturated carbocycles. The molecule has 0 aliphatic rings. The van der Waals surface area contributed by atoms with Crippen molar-refractivity contribution >= 4 is 5.91 Å². The molecule has 6 heteroatoms. The third-order valence-electron chi connectivity index (χ3n) is 1.72. The molecule has 0 radical (unpaired) electrons. The third kappa shape index (κ3) is 3.69. The van der Waals surface area contributed by atoms with Crippen LogP contribution in [0, 0.1) is 6.92 Å². The molecule has 1 rings (SSSR count). The summed E-state index contributed by atoms with van der Waals surface area (Å²) in [6, 6.07) is 1.53. The van der Waals surface area contributed by atoms with Crippen molar-refractivity contribution < 1.29 is 19.2 Å². The number of aromatic nitrogens is 1. The average Bonchev–Trinajstić information content (AvgIpc) is 2.62. The monoisotopic (exact) mass is 214 g/mol. The molecule has 0 spiro atoms. The van der Waals surface area contributed by atoms with Gasteiger partial charge >= 0.3 is 0 Å². The highest BCUT2D eigenvalue weighted by molar-refractivity contribution is 5.92. The second-order valence-corrected chi connectivity index (χ2v) is 3.14. The minimum Gasteiger partial charge on any atom is -0.389 e. The Morgan fingerprint density at radius 3 is 3.07 bits per heavy atom. The summed E-state index contributed by atoms with van der Waals surface area (Å²) in [6.07, 6.45) is -0.716. The second kappa shape index (κ2) is 5.47. The Morgan fingerprint density at radius 1 is 1.80 bits per heavy atom. The van der Waals surface area contributed by atoms with Crippen LogP contribution in [0.1, 0.15) is 16.2 Å². The van der Waals surface area contributed by atoms with Crippen molar-refractivity contribution in [1.29, 1.82) is 0 Å². The average molecular weight is 214 g/mol. The van der Waals surface area contributed by atoms with Gasteiger partial charge in [-0.25, -0.2) is 0 Å². The molecular formula is C9H14N2O4. The number of hydrogen-bond donors (Lipinski definition) is 2. The van der Waals surface area contributed by atoms with Crippen molar-refractivity contribution in [3.8, 4) is 0 Å². The van der Waals surface area contributed by atoms with Crippen LogP contribution in [0.2, 0.25) is 0 Å². The highest BCUT2D eigenvalue weighted by Crippen LogP contribution is 2.00. The first-order valence-corrected chi connectivity index (χ1v) is 4.52. The first-order chi connectivity index (χ1) is 7.13. The van der Waals surface area contributed by atoms with Crippen LogP contribution in [0.25, 0.3) is 0 Å². The largest absolute Gasteiger partial charge is 0.389 e. The number of amides is 1. The molecule has 1 amide bonds. The van der Waals surface area contributed by atoms with Crippen molar-refractivity contribution in [2.24, 2.45) is 0 Å². The predicted octanol–water partition coefficient (Wildman–Crippen LogP) is -0.280. The number of aryl methyl sites for hydroxylation is 1. The summed E-state index contributed by atoms with van der Waals surface area (Å²) >= 11 is 0. The van der Waals surface area contributed by atoms with Gasteiger partial charge in [0.05, 0.1) is 12.7 Å². The van der Waals surface area contributed by atoms with Crippen LogP contribution in [0.5, 0.6) is 0 Å². The molecule has 0 fully saturated rings. The molecule has 0 bridgehead atoms. The first kappa shape index (κ1) is 11.7. The van der Waals surface area contributed by atoms with Gasteiger partial charge in [-0.2, -0.15) is 0 Å². The fraction of sp³-hybridized carbons (Fsp3) is 0.556. The summed E-state index contributed by atoms with van der Waals surface area (Å²) in [5.74, 6) is 0.194. The van der Waals surface area contributed by atoms with Crippen LogP contribution in [0.4, 0.5) is 0 Å². The minimum atomic E-state index is -0.716. The van der Waals surface area contributed by atoms with Crippen molar-refractivity contribution in [3.63, 3.8) is 0 Å². The van der Waals surface area contributed by atoms with Gasteiger partial charge in [-0.15, -0.1) is 0 Å². The van der Waals surface area contributed by atoms with Gasteiger partial charge in [-0.3, -0.25) is 4.79 Å². The Labute approximate surface area is 87.2 Å². The van der Waals surface area contributed by atoms with E-state index in [-0.39, 0.29) is 24.8 Å². The summed E-state index contributed by atoms with van der Waals surface area (Å²) < 4.78 is 9.45. The van der Waals surface area contributed by atoms with Crippen molar-refractivity contribution in [1.82, 2.24) is 10.5 Å². The lowest BCUT2D eigenvalue weighted by Crippen LogP contribution is -2.34. The van der Waals surface area contributed by atoms with Gasteiger partial charge in [0.1, 0.15) is 5.76 Å². The molecular weight excluding hydrogens is 200 g/mol. The van der Waals surface area contributed by atoms with E-state index in [4.69, 9.17) is 9.26 Å². The minimum absolute atomic E-state index is 0.124. The lowest BCUT2D eigenvalue weighted by Gasteiger charge is -2.09. The zero-order valence-electron chi connectivity index (χ0n) is 8.69. The molecule has 84 valence electrons. The number of methoxy groups -OCH3 is 1. The second-order valence-electron chi connectivity index (χ2n) is 3.14. The number of nitrogens with zero attached hydrogens (tertiary/aromatic N) is 1. The Balaban J connectivity index is 2.36. The summed E-state index contributed by atoms with van der Waals surface area (Å²) in [5, 5.41) is 15.3. The molecule has 1 aromatic rings. The highest BCUT2D eigenvalue weighted by Gasteiger charge is 2.12. The highest BCUT2D eigenvalue weighted by atomic mass is 16.5. The van der Waals surface area contributed by atoms with E-state index >= 15 is 0 Å². The summed E-state index contributed by atoms with van der Waals surface area (Å²) in [5.41, 5.74) is 0.206. The molecule has 0 aliphatic heterocycles. The lowest BCUT2D eigenvalue weighted by atomic mass is 10.3. The molecule has 1 unspecified atom stereocenters. The maximum atomic E-state index is 11.4. The van der Waals surface area contributed by atoms with Gasteiger partial charge < -0.3 is 19.7 Å². The van der Waals surface area contributed by atoms with Gasteiger partial charge in [0.2, 0.25) is 0 Å². The fourth-order valence-electron chi connectivity index (χ4n) is 1.03. The number of nitrogens with one attached hydrogen (secondary N) is 1. The zero-order valence-corrected chi connectivity index (χ0v) is 8.69. The normalized spacial score (nSPS) is 12.5. The van der Waals surface area contributed by atoms with Crippen molar-refractivity contribution in [2.75, 3.05) is 20.3 Å². The molecule has 1 atom stereocenters. The van der Waals surface area contributed by atoms with Gasteiger partial charge in [0, 0.05) is 19.7 Å². The maximum absolute atomic E-state index is 11.4. The number of carbonyl (C=O) groups is 1. The van der Waals surface area contributed by atoms with E-state index in [0.29, 0.717) is 5.76 Å². The number of hydrogen-bond acceptors (Lipinski definition) is 5. The van der Waals surface area contributed by atoms with Crippen LogP contribution >= 0.6 is 0 Å². The van der Waals surface area contributed by atoms with E-state index in [1.165, 1.54) is 13.2 Å². The van der Waals surface area contributed by atoms with E-state index in [1.807, 2.05) is 0 Å². The van der Waals surface area contributed by atoms with Crippen LogP contribution in [-0.4, -0.2) is 42.5 Å². The van der Waals surface area contributed by atoms with E-state index in [0.717, 1.165) is 0 Å². The maximum Gasteiger partial charge on any atom is 0.273 e. The Kier molecular flexibility index (Phi) is 4.26. The number of carbonyl (C=O) groups excluding carboxylic acids is 1. The summed E-state index contributed by atoms with van der Waals surface area (Å²) in [6.45, 7) is 2.00. The number of ether oxygens (including phenoxy) is 1. The number of rotatable bonds is 5. The molecule has 2 N–H and O–H groups in total. The van der Waals surface area contributed by atoms with Crippen molar-refractivity contribution in [3.05, 3.63) is 17.5 Å². The summed E-state index contributed by atoms with van der Waals surface area (Å²) in [7, 11) is 1.48. The number of aliphatic hydroxyl groups excluding tert-OH is 1. The quantitative estimate of drug-likeness (QED) is 0.704. The van der Waals surface area contributed by atoms with Crippen molar-refractivity contribution in [2.45, 2.75) is 13.0 Å². The molecule has 0 aromatic carbocycles. The SMILES string of the molecule is COCC(O)CNC(=O)c1cc(C)on1. The Morgan fingerprint density at radius 2 is 2.53 bits per heavy atom. The molecule has 0 aliphatic carbocycles. The van der Waals surface area contributed by atoms with Crippen LogP contribution in [-0.2, 0) is 4.74 Å². The van der Waals surface area contributed by atoms with Crippen LogP contribution in [0.15, 0.2) is 10.6 Å². The summed E-state index contributed by atoms with van der Waals surface area (Å²) in [4.78, 5) is 11.4. The lowest BCUT2D eigenvalue weighted by molar-refractivity contribution is 0.0607. The predicted molar refractivity (Wildman–Crippen MR) is 51.5 cm³/mol. The van der Waals surface area contributed by atoms with E-state index < -0.39 is 6.10 Å². The fourth-order valence-corrected chi connectivity index (χ4v) is 1.03. The Bertz CT molecular complexity index is 324. The molecule has 1 aromatic heterocycles. The van der Waals surface area contributed by atoms with E-state index in [1.54, 1.807) is 6.92 Å². The van der Waals surface area contributed by atoms with E-state index in [2.05, 4.69) is 10.5 Å². The first-order valence-electron chi connectivity index (χ1n) is 4.52. The molecule has 1 heterocycles. The molecule has 0 saturated heterocycles. The van der Waals surface area contributed by atoms with Crippen LogP contribution in [0.3, 0.4) is 0 Å². The van der Waals surface area contributed by atoms with Gasteiger partial charge in [-0.1, -0.05) is 5.16 Å². The van der Waals surface area contributed by atoms with Gasteiger partial charge in [-0.05, 0) is 6.92 Å². The van der Waals surface area contributed by atoms with E-state index in [9.17, 15) is 9.90 Å². The standard InChI is InChI=1S/C9H14N2O4/c1-6-3-8(11-15-6)9(13)10-4-7(12)5-14-2/h3,7,12H,4-5H2,1-2H3,(H,10,13). The number of aliphatic hydroxyl groups is 1. The Hall–Kier alpha value is -1.40. The molecule has 6 nitrogen and oxygen atoms in total. The van der Waals surface area contributed by atoms with Gasteiger partial charge in [0.25, 0.3) is 5.91 Å².